The number of nitrogens with two attached hydrogens (primary N) is 1. The summed E-state index contributed by atoms with van der Waals surface area (Å²) in [5, 5.41) is 3.16. The molecule has 3 N–H and O–H groups in total. The van der Waals surface area contributed by atoms with E-state index in [1.165, 1.54) is 11.1 Å². The number of halogens is 1. The maximum Gasteiger partial charge on any atom is 0.188 e. The molecule has 0 aliphatic rings. The lowest BCUT2D eigenvalue weighted by Gasteiger charge is -2.17. The molecule has 0 aliphatic carbocycles. The summed E-state index contributed by atoms with van der Waals surface area (Å²) in [7, 11) is 0. The van der Waals surface area contributed by atoms with E-state index in [-0.39, 0.29) is 24.0 Å². The van der Waals surface area contributed by atoms with Gasteiger partial charge in [0.2, 0.25) is 0 Å². The van der Waals surface area contributed by atoms with Crippen molar-refractivity contribution in [2.45, 2.75) is 47.2 Å². The molecule has 0 radical (unpaired) electrons. The average Bonchev–Trinajstić information content (AvgIpc) is 2.51. The highest BCUT2D eigenvalue weighted by Crippen LogP contribution is 2.08. The summed E-state index contributed by atoms with van der Waals surface area (Å²) < 4.78 is 0. The van der Waals surface area contributed by atoms with Crippen molar-refractivity contribution < 1.29 is 0 Å². The zero-order valence-electron chi connectivity index (χ0n) is 15.0. The lowest BCUT2D eigenvalue weighted by Crippen LogP contribution is -2.32. The Labute approximate surface area is 158 Å². The smallest absolute Gasteiger partial charge is 0.188 e. The maximum absolute atomic E-state index is 5.87. The second-order valence-corrected chi connectivity index (χ2v) is 6.09. The Morgan fingerprint density at radius 2 is 1.70 bits per heavy atom. The lowest BCUT2D eigenvalue weighted by molar-refractivity contribution is 0.296. The molecule has 132 valence electrons. The topological polar surface area (TPSA) is 53.6 Å². The van der Waals surface area contributed by atoms with Gasteiger partial charge in [-0.15, -0.1) is 24.0 Å². The first-order valence-electron chi connectivity index (χ1n) is 8.39. The first kappa shape index (κ1) is 22.2. The predicted octanol–water partition coefficient (Wildman–Crippen LogP) is 3.60. The van der Waals surface area contributed by atoms with Gasteiger partial charge in [0, 0.05) is 13.1 Å². The largest absolute Gasteiger partial charge is 0.370 e. The van der Waals surface area contributed by atoms with Crippen molar-refractivity contribution in [3.05, 3.63) is 35.4 Å². The quantitative estimate of drug-likeness (QED) is 0.356. The maximum atomic E-state index is 5.87. The molecule has 0 bridgehead atoms. The van der Waals surface area contributed by atoms with E-state index in [1.54, 1.807) is 0 Å². The van der Waals surface area contributed by atoms with Crippen LogP contribution in [0.3, 0.4) is 0 Å². The highest BCUT2D eigenvalue weighted by Gasteiger charge is 2.01. The second-order valence-electron chi connectivity index (χ2n) is 6.09. The van der Waals surface area contributed by atoms with Gasteiger partial charge in [-0.1, -0.05) is 52.0 Å². The molecular formula is C18H33IN4. The number of nitrogens with zero attached hydrogens (tertiary/aromatic N) is 2. The molecule has 23 heavy (non-hydrogen) atoms. The van der Waals surface area contributed by atoms with Gasteiger partial charge in [0.05, 0.1) is 6.54 Å². The van der Waals surface area contributed by atoms with E-state index < -0.39 is 0 Å². The second kappa shape index (κ2) is 12.6. The van der Waals surface area contributed by atoms with Crippen LogP contribution in [0.15, 0.2) is 29.3 Å². The van der Waals surface area contributed by atoms with Gasteiger partial charge in [0.15, 0.2) is 5.96 Å². The van der Waals surface area contributed by atoms with Crippen molar-refractivity contribution in [3.63, 3.8) is 0 Å². The van der Waals surface area contributed by atoms with Crippen LogP contribution in [0.4, 0.5) is 0 Å². The fourth-order valence-electron chi connectivity index (χ4n) is 2.18. The number of hydrogen-bond acceptors (Lipinski definition) is 2. The summed E-state index contributed by atoms with van der Waals surface area (Å²) in [6, 6.07) is 8.66. The number of rotatable bonds is 9. The summed E-state index contributed by atoms with van der Waals surface area (Å²) in [5.41, 5.74) is 8.41. The molecule has 0 amide bonds. The van der Waals surface area contributed by atoms with Gasteiger partial charge in [0.1, 0.15) is 0 Å². The number of guanidine groups is 1. The number of aliphatic imine (C=N–C) groups is 1. The van der Waals surface area contributed by atoms with Crippen LogP contribution < -0.4 is 11.1 Å². The summed E-state index contributed by atoms with van der Waals surface area (Å²) in [4.78, 5) is 6.79. The van der Waals surface area contributed by atoms with Crippen molar-refractivity contribution in [2.75, 3.05) is 19.6 Å². The molecule has 0 atom stereocenters. The van der Waals surface area contributed by atoms with E-state index in [0.717, 1.165) is 32.6 Å². The molecule has 0 heterocycles. The van der Waals surface area contributed by atoms with Crippen LogP contribution in [0.25, 0.3) is 0 Å². The molecule has 0 spiro atoms. The summed E-state index contributed by atoms with van der Waals surface area (Å²) >= 11 is 0. The Bertz CT molecular complexity index is 439. The summed E-state index contributed by atoms with van der Waals surface area (Å²) in [5.74, 6) is 1.21. The van der Waals surface area contributed by atoms with Crippen LogP contribution in [0.2, 0.25) is 0 Å². The first-order valence-corrected chi connectivity index (χ1v) is 8.39. The minimum absolute atomic E-state index is 0. The molecule has 1 rings (SSSR count). The monoisotopic (exact) mass is 432 g/mol. The minimum atomic E-state index is 0. The van der Waals surface area contributed by atoms with Gasteiger partial charge in [-0.2, -0.15) is 0 Å². The van der Waals surface area contributed by atoms with E-state index in [2.05, 4.69) is 67.2 Å². The third kappa shape index (κ3) is 9.81. The van der Waals surface area contributed by atoms with Crippen molar-refractivity contribution >= 4 is 29.9 Å². The standard InChI is InChI=1S/C18H32N4.HI/c1-5-22(6-2)14-17-9-7-16(8-10-17)13-21-18(19)20-12-11-15(3)4;/h7-10,15H,5-6,11-14H2,1-4H3,(H3,19,20,21);1H. The Morgan fingerprint density at radius 3 is 2.22 bits per heavy atom. The third-order valence-corrected chi connectivity index (χ3v) is 3.78. The van der Waals surface area contributed by atoms with Gasteiger partial charge in [-0.3, -0.25) is 4.90 Å². The Balaban J connectivity index is 0.00000484. The fraction of sp³-hybridized carbons (Fsp3) is 0.611. The van der Waals surface area contributed by atoms with Crippen molar-refractivity contribution in [1.29, 1.82) is 0 Å². The summed E-state index contributed by atoms with van der Waals surface area (Å²) in [6.07, 6.45) is 1.11. The van der Waals surface area contributed by atoms with Gasteiger partial charge in [-0.25, -0.2) is 4.99 Å². The Hall–Kier alpha value is -0.820. The van der Waals surface area contributed by atoms with Crippen molar-refractivity contribution in [1.82, 2.24) is 10.2 Å². The SMILES string of the molecule is CCN(CC)Cc1ccc(CN=C(N)NCCC(C)C)cc1.I. The van der Waals surface area contributed by atoms with E-state index in [9.17, 15) is 0 Å². The van der Waals surface area contributed by atoms with Crippen molar-refractivity contribution in [3.8, 4) is 0 Å². The fourth-order valence-corrected chi connectivity index (χ4v) is 2.18. The van der Waals surface area contributed by atoms with Gasteiger partial charge < -0.3 is 11.1 Å². The lowest BCUT2D eigenvalue weighted by atomic mass is 10.1. The van der Waals surface area contributed by atoms with Crippen LogP contribution in [-0.4, -0.2) is 30.5 Å². The van der Waals surface area contributed by atoms with E-state index in [1.807, 2.05) is 0 Å². The van der Waals surface area contributed by atoms with Crippen molar-refractivity contribution in [2.24, 2.45) is 16.6 Å². The first-order chi connectivity index (χ1) is 10.5. The number of benzene rings is 1. The molecule has 0 saturated carbocycles. The molecule has 0 aromatic heterocycles. The third-order valence-electron chi connectivity index (χ3n) is 3.78. The molecule has 0 unspecified atom stereocenters. The molecular weight excluding hydrogens is 399 g/mol. The van der Waals surface area contributed by atoms with Crippen LogP contribution in [0.1, 0.15) is 45.2 Å². The van der Waals surface area contributed by atoms with Crippen LogP contribution in [-0.2, 0) is 13.1 Å². The highest BCUT2D eigenvalue weighted by atomic mass is 127. The Morgan fingerprint density at radius 1 is 1.13 bits per heavy atom. The molecule has 0 fully saturated rings. The zero-order valence-corrected chi connectivity index (χ0v) is 17.3. The molecule has 1 aromatic carbocycles. The molecule has 5 heteroatoms. The van der Waals surface area contributed by atoms with Gasteiger partial charge >= 0.3 is 0 Å². The predicted molar refractivity (Wildman–Crippen MR) is 111 cm³/mol. The number of hydrogen-bond donors (Lipinski definition) is 2. The zero-order chi connectivity index (χ0) is 16.4. The van der Waals surface area contributed by atoms with E-state index >= 15 is 0 Å². The average molecular weight is 432 g/mol. The van der Waals surface area contributed by atoms with Crippen LogP contribution >= 0.6 is 24.0 Å². The van der Waals surface area contributed by atoms with Crippen LogP contribution in [0.5, 0.6) is 0 Å². The highest BCUT2D eigenvalue weighted by molar-refractivity contribution is 14.0. The van der Waals surface area contributed by atoms with E-state index in [0.29, 0.717) is 18.4 Å². The number of nitrogens with one attached hydrogen (secondary N) is 1. The minimum Gasteiger partial charge on any atom is -0.370 e. The van der Waals surface area contributed by atoms with Gasteiger partial charge in [-0.05, 0) is 36.6 Å². The molecule has 0 aliphatic heterocycles. The summed E-state index contributed by atoms with van der Waals surface area (Å²) in [6.45, 7) is 13.5. The Kier molecular flexibility index (Phi) is 12.1. The normalized spacial score (nSPS) is 11.7. The molecule has 0 saturated heterocycles. The molecule has 1 aromatic rings. The van der Waals surface area contributed by atoms with Gasteiger partial charge in [0.25, 0.3) is 0 Å². The van der Waals surface area contributed by atoms with Crippen LogP contribution in [0, 0.1) is 5.92 Å². The molecule has 4 nitrogen and oxygen atoms in total. The van der Waals surface area contributed by atoms with E-state index in [4.69, 9.17) is 5.73 Å².